The number of nitrogens with one attached hydrogen (secondary N) is 1. The number of rotatable bonds is 3. The lowest BCUT2D eigenvalue weighted by Crippen LogP contribution is -2.51. The lowest BCUT2D eigenvalue weighted by atomic mass is 10.1. The minimum Gasteiger partial charge on any atom is -0.494 e. The van der Waals surface area contributed by atoms with Crippen LogP contribution < -0.4 is 4.74 Å². The number of carbonyl (C=O) groups excluding carboxylic acids is 1. The molecule has 1 aliphatic carbocycles. The Hall–Kier alpha value is -2.01. The maximum absolute atomic E-state index is 12.9. The zero-order valence-electron chi connectivity index (χ0n) is 13.4. The highest BCUT2D eigenvalue weighted by Gasteiger charge is 2.38. The van der Waals surface area contributed by atoms with Gasteiger partial charge in [-0.05, 0) is 44.4 Å². The van der Waals surface area contributed by atoms with Gasteiger partial charge in [-0.25, -0.2) is 0 Å². The van der Waals surface area contributed by atoms with Crippen LogP contribution in [0.4, 0.5) is 0 Å². The first-order valence-electron chi connectivity index (χ1n) is 8.44. The minimum absolute atomic E-state index is 0.0827. The molecule has 2 aromatic rings. The van der Waals surface area contributed by atoms with Crippen LogP contribution in [0, 0.1) is 0 Å². The van der Waals surface area contributed by atoms with Crippen molar-refractivity contribution in [2.75, 3.05) is 19.8 Å². The number of hydrogen-bond donors (Lipinski definition) is 1. The molecule has 2 atom stereocenters. The van der Waals surface area contributed by atoms with Crippen molar-refractivity contribution in [3.63, 3.8) is 0 Å². The van der Waals surface area contributed by atoms with E-state index in [4.69, 9.17) is 9.47 Å². The number of aromatic nitrogens is 1. The molecule has 0 radical (unpaired) electrons. The fraction of sp³-hybridized carbons (Fsp3) is 0.500. The van der Waals surface area contributed by atoms with Crippen molar-refractivity contribution in [1.82, 2.24) is 9.88 Å². The van der Waals surface area contributed by atoms with Gasteiger partial charge in [-0.1, -0.05) is 0 Å². The molecule has 2 aliphatic rings. The van der Waals surface area contributed by atoms with Gasteiger partial charge in [0.2, 0.25) is 0 Å². The fourth-order valence-corrected chi connectivity index (χ4v) is 3.81. The Kier molecular flexibility index (Phi) is 3.73. The molecule has 1 saturated heterocycles. The third-order valence-corrected chi connectivity index (χ3v) is 4.88. The van der Waals surface area contributed by atoms with Crippen LogP contribution in [0.3, 0.4) is 0 Å². The fourth-order valence-electron chi connectivity index (χ4n) is 3.81. The summed E-state index contributed by atoms with van der Waals surface area (Å²) >= 11 is 0. The van der Waals surface area contributed by atoms with E-state index in [1.165, 1.54) is 0 Å². The molecule has 5 nitrogen and oxygen atoms in total. The van der Waals surface area contributed by atoms with Gasteiger partial charge in [-0.3, -0.25) is 4.79 Å². The van der Waals surface area contributed by atoms with Crippen LogP contribution >= 0.6 is 0 Å². The lowest BCUT2D eigenvalue weighted by molar-refractivity contribution is -0.0446. The molecule has 5 heteroatoms. The molecule has 1 aliphatic heterocycles. The second-order valence-electron chi connectivity index (χ2n) is 6.27. The highest BCUT2D eigenvalue weighted by atomic mass is 16.5. The van der Waals surface area contributed by atoms with Crippen molar-refractivity contribution in [2.24, 2.45) is 0 Å². The van der Waals surface area contributed by atoms with E-state index in [1.54, 1.807) is 0 Å². The zero-order chi connectivity index (χ0) is 15.8. The largest absolute Gasteiger partial charge is 0.494 e. The van der Waals surface area contributed by atoms with E-state index in [1.807, 2.05) is 36.1 Å². The van der Waals surface area contributed by atoms with Crippen molar-refractivity contribution in [1.29, 1.82) is 0 Å². The second-order valence-corrected chi connectivity index (χ2v) is 6.27. The molecule has 0 bridgehead atoms. The molecule has 1 aromatic heterocycles. The lowest BCUT2D eigenvalue weighted by Gasteiger charge is -2.37. The summed E-state index contributed by atoms with van der Waals surface area (Å²) in [6, 6.07) is 8.06. The number of morpholine rings is 1. The van der Waals surface area contributed by atoms with Crippen molar-refractivity contribution < 1.29 is 14.3 Å². The zero-order valence-corrected chi connectivity index (χ0v) is 13.4. The van der Waals surface area contributed by atoms with Crippen LogP contribution in [0.25, 0.3) is 10.9 Å². The number of nitrogens with zero attached hydrogens (tertiary/aromatic N) is 1. The van der Waals surface area contributed by atoms with Crippen LogP contribution in [0.2, 0.25) is 0 Å². The Labute approximate surface area is 135 Å². The normalized spacial score (nSPS) is 24.0. The van der Waals surface area contributed by atoms with E-state index < -0.39 is 0 Å². The van der Waals surface area contributed by atoms with Crippen LogP contribution in [-0.4, -0.2) is 47.7 Å². The predicted octanol–water partition coefficient (Wildman–Crippen LogP) is 2.96. The average molecular weight is 314 g/mol. The molecule has 0 unspecified atom stereocenters. The van der Waals surface area contributed by atoms with Gasteiger partial charge >= 0.3 is 0 Å². The van der Waals surface area contributed by atoms with Crippen molar-refractivity contribution in [2.45, 2.75) is 38.3 Å². The molecule has 4 rings (SSSR count). The van der Waals surface area contributed by atoms with Crippen LogP contribution in [0.1, 0.15) is 36.7 Å². The number of aromatic amines is 1. The Morgan fingerprint density at radius 2 is 2.30 bits per heavy atom. The first-order chi connectivity index (χ1) is 11.3. The summed E-state index contributed by atoms with van der Waals surface area (Å²) in [5.41, 5.74) is 1.59. The number of amides is 1. The maximum atomic E-state index is 12.9. The highest BCUT2D eigenvalue weighted by Crippen LogP contribution is 2.31. The average Bonchev–Trinajstić information content (AvgIpc) is 3.20. The first-order valence-corrected chi connectivity index (χ1v) is 8.44. The summed E-state index contributed by atoms with van der Waals surface area (Å²) in [4.78, 5) is 18.2. The Bertz CT molecular complexity index is 724. The van der Waals surface area contributed by atoms with Gasteiger partial charge in [0.15, 0.2) is 0 Å². The highest BCUT2D eigenvalue weighted by molar-refractivity contribution is 5.98. The van der Waals surface area contributed by atoms with E-state index in [2.05, 4.69) is 4.98 Å². The van der Waals surface area contributed by atoms with Gasteiger partial charge in [0.05, 0.1) is 25.4 Å². The predicted molar refractivity (Wildman–Crippen MR) is 87.9 cm³/mol. The monoisotopic (exact) mass is 314 g/mol. The van der Waals surface area contributed by atoms with Gasteiger partial charge < -0.3 is 19.4 Å². The molecule has 0 spiro atoms. The third-order valence-electron chi connectivity index (χ3n) is 4.88. The van der Waals surface area contributed by atoms with E-state index in [0.29, 0.717) is 25.5 Å². The van der Waals surface area contributed by atoms with Gasteiger partial charge in [0.1, 0.15) is 11.4 Å². The number of H-pyrrole nitrogens is 1. The van der Waals surface area contributed by atoms with E-state index >= 15 is 0 Å². The summed E-state index contributed by atoms with van der Waals surface area (Å²) in [5, 5.41) is 1.04. The van der Waals surface area contributed by atoms with Crippen molar-refractivity contribution in [3.8, 4) is 5.75 Å². The maximum Gasteiger partial charge on any atom is 0.270 e. The number of hydrogen-bond acceptors (Lipinski definition) is 3. The topological polar surface area (TPSA) is 54.6 Å². The number of ether oxygens (including phenoxy) is 2. The number of benzene rings is 1. The number of carbonyl (C=O) groups is 1. The number of fused-ring (bicyclic) bond motifs is 2. The Balaban J connectivity index is 1.61. The summed E-state index contributed by atoms with van der Waals surface area (Å²) in [5.74, 6) is 0.905. The smallest absolute Gasteiger partial charge is 0.270 e. The summed E-state index contributed by atoms with van der Waals surface area (Å²) < 4.78 is 11.3. The molecular weight excluding hydrogens is 292 g/mol. The molecule has 2 heterocycles. The summed E-state index contributed by atoms with van der Waals surface area (Å²) in [7, 11) is 0. The van der Waals surface area contributed by atoms with Gasteiger partial charge in [0.25, 0.3) is 5.91 Å². The minimum atomic E-state index is 0.0827. The quantitative estimate of drug-likeness (QED) is 0.947. The molecule has 2 fully saturated rings. The van der Waals surface area contributed by atoms with Gasteiger partial charge in [-0.15, -0.1) is 0 Å². The van der Waals surface area contributed by atoms with E-state index in [9.17, 15) is 4.79 Å². The van der Waals surface area contributed by atoms with E-state index in [0.717, 1.165) is 35.9 Å². The van der Waals surface area contributed by atoms with E-state index in [-0.39, 0.29) is 18.1 Å². The summed E-state index contributed by atoms with van der Waals surface area (Å²) in [6.07, 6.45) is 3.48. The third kappa shape index (κ3) is 2.59. The molecule has 1 saturated carbocycles. The molecule has 1 N–H and O–H groups in total. The summed E-state index contributed by atoms with van der Waals surface area (Å²) in [6.45, 7) is 3.92. The van der Waals surface area contributed by atoms with Crippen molar-refractivity contribution >= 4 is 16.8 Å². The van der Waals surface area contributed by atoms with Gasteiger partial charge in [-0.2, -0.15) is 0 Å². The standard InChI is InChI=1S/C18H22N2O3/c1-2-22-13-7-6-12-10-15(19-14(12)11-13)18(21)20-8-9-23-17-5-3-4-16(17)20/h6-7,10-11,16-17,19H,2-5,8-9H2,1H3/t16-,17+/m0/s1. The molecular formula is C18H22N2O3. The molecule has 1 amide bonds. The second kappa shape index (κ2) is 5.89. The molecule has 122 valence electrons. The van der Waals surface area contributed by atoms with Crippen LogP contribution in [0.15, 0.2) is 24.3 Å². The SMILES string of the molecule is CCOc1ccc2cc(C(=O)N3CCO[C@@H]4CCC[C@@H]43)[nH]c2c1. The van der Waals surface area contributed by atoms with Crippen molar-refractivity contribution in [3.05, 3.63) is 30.0 Å². The Morgan fingerprint density at radius 3 is 3.17 bits per heavy atom. The van der Waals surface area contributed by atoms with Gasteiger partial charge in [0, 0.05) is 23.5 Å². The van der Waals surface area contributed by atoms with Crippen LogP contribution in [-0.2, 0) is 4.74 Å². The molecule has 1 aromatic carbocycles. The Morgan fingerprint density at radius 1 is 1.39 bits per heavy atom. The first kappa shape index (κ1) is 14.6. The molecule has 23 heavy (non-hydrogen) atoms. The van der Waals surface area contributed by atoms with Crippen LogP contribution in [0.5, 0.6) is 5.75 Å².